The lowest BCUT2D eigenvalue weighted by molar-refractivity contribution is -0.141. The van der Waals surface area contributed by atoms with Crippen LogP contribution in [0.2, 0.25) is 0 Å². The maximum atomic E-state index is 12.2. The van der Waals surface area contributed by atoms with E-state index in [0.717, 1.165) is 11.3 Å². The quantitative estimate of drug-likeness (QED) is 0.863. The van der Waals surface area contributed by atoms with Gasteiger partial charge in [0.1, 0.15) is 0 Å². The molecule has 5 nitrogen and oxygen atoms in total. The van der Waals surface area contributed by atoms with Gasteiger partial charge in [0.05, 0.1) is 12.5 Å². The minimum absolute atomic E-state index is 0.0585. The summed E-state index contributed by atoms with van der Waals surface area (Å²) in [7, 11) is 1.77. The number of hydrogen-bond donors (Lipinski definition) is 1. The fraction of sp³-hybridized carbons (Fsp3) is 0.429. The molecular weight excluding hydrogens is 244 g/mol. The Kier molecular flexibility index (Phi) is 3.85. The Labute approximate surface area is 112 Å². The van der Waals surface area contributed by atoms with Crippen molar-refractivity contribution in [2.75, 3.05) is 31.6 Å². The summed E-state index contributed by atoms with van der Waals surface area (Å²) in [6.45, 7) is 2.82. The van der Waals surface area contributed by atoms with Crippen LogP contribution in [-0.2, 0) is 9.59 Å². The molecule has 0 aromatic heterocycles. The number of benzene rings is 1. The van der Waals surface area contributed by atoms with E-state index in [2.05, 4.69) is 0 Å². The van der Waals surface area contributed by atoms with E-state index < -0.39 is 11.9 Å². The normalized spacial score (nSPS) is 21.3. The second-order valence-corrected chi connectivity index (χ2v) is 5.08. The van der Waals surface area contributed by atoms with Gasteiger partial charge in [0, 0.05) is 18.8 Å². The molecule has 5 heteroatoms. The van der Waals surface area contributed by atoms with Gasteiger partial charge in [-0.15, -0.1) is 0 Å². The summed E-state index contributed by atoms with van der Waals surface area (Å²) in [6, 6.07) is 7.58. The second kappa shape index (κ2) is 5.40. The van der Waals surface area contributed by atoms with Crippen LogP contribution in [0.4, 0.5) is 5.69 Å². The highest BCUT2D eigenvalue weighted by atomic mass is 16.4. The summed E-state index contributed by atoms with van der Waals surface area (Å²) in [5, 5.41) is 9.22. The Morgan fingerprint density at radius 1 is 1.37 bits per heavy atom. The standard InChI is InChI=1S/C14H18N2O3/c1-10-4-3-5-12(6-10)16-8-11(14(18)19)7-15(2)9-13(16)17/h3-6,11H,7-9H2,1-2H3,(H,18,19). The molecule has 1 unspecified atom stereocenters. The van der Waals surface area contributed by atoms with E-state index in [-0.39, 0.29) is 19.0 Å². The smallest absolute Gasteiger partial charge is 0.309 e. The van der Waals surface area contributed by atoms with E-state index in [9.17, 15) is 14.7 Å². The highest BCUT2D eigenvalue weighted by molar-refractivity contribution is 5.96. The monoisotopic (exact) mass is 262 g/mol. The third-order valence-electron chi connectivity index (χ3n) is 3.30. The van der Waals surface area contributed by atoms with Crippen LogP contribution < -0.4 is 4.90 Å². The van der Waals surface area contributed by atoms with Crippen LogP contribution in [0.25, 0.3) is 0 Å². The number of carbonyl (C=O) groups excluding carboxylic acids is 1. The molecule has 1 aromatic carbocycles. The largest absolute Gasteiger partial charge is 0.481 e. The molecule has 102 valence electrons. The van der Waals surface area contributed by atoms with Gasteiger partial charge in [-0.05, 0) is 31.7 Å². The first-order valence-corrected chi connectivity index (χ1v) is 6.26. The van der Waals surface area contributed by atoms with Crippen LogP contribution in [0.5, 0.6) is 0 Å². The Balaban J connectivity index is 2.31. The third kappa shape index (κ3) is 3.12. The lowest BCUT2D eigenvalue weighted by Crippen LogP contribution is -2.37. The molecule has 1 aliphatic rings. The topological polar surface area (TPSA) is 60.9 Å². The molecule has 19 heavy (non-hydrogen) atoms. The van der Waals surface area contributed by atoms with E-state index in [0.29, 0.717) is 6.54 Å². The number of carboxylic acid groups (broad SMARTS) is 1. The van der Waals surface area contributed by atoms with Crippen molar-refractivity contribution in [3.05, 3.63) is 29.8 Å². The Morgan fingerprint density at radius 3 is 2.74 bits per heavy atom. The van der Waals surface area contributed by atoms with Gasteiger partial charge in [0.25, 0.3) is 0 Å². The molecule has 1 N–H and O–H groups in total. The van der Waals surface area contributed by atoms with Crippen molar-refractivity contribution in [3.63, 3.8) is 0 Å². The average molecular weight is 262 g/mol. The number of amides is 1. The molecule has 1 aliphatic heterocycles. The minimum atomic E-state index is -0.862. The van der Waals surface area contributed by atoms with Crippen LogP contribution in [0.15, 0.2) is 24.3 Å². The maximum absolute atomic E-state index is 12.2. The molecule has 1 aromatic rings. The zero-order valence-corrected chi connectivity index (χ0v) is 11.2. The molecule has 2 rings (SSSR count). The SMILES string of the molecule is Cc1cccc(N2CC(C(=O)O)CN(C)CC2=O)c1. The van der Waals surface area contributed by atoms with Gasteiger partial charge in [-0.1, -0.05) is 12.1 Å². The van der Waals surface area contributed by atoms with Crippen molar-refractivity contribution in [2.45, 2.75) is 6.92 Å². The molecule has 1 saturated heterocycles. The van der Waals surface area contributed by atoms with E-state index in [1.165, 1.54) is 0 Å². The van der Waals surface area contributed by atoms with Crippen molar-refractivity contribution in [2.24, 2.45) is 5.92 Å². The molecule has 1 amide bonds. The Bertz CT molecular complexity index is 501. The fourth-order valence-electron chi connectivity index (χ4n) is 2.34. The van der Waals surface area contributed by atoms with E-state index in [4.69, 9.17) is 0 Å². The van der Waals surface area contributed by atoms with Gasteiger partial charge >= 0.3 is 5.97 Å². The average Bonchev–Trinajstić information content (AvgIpc) is 2.47. The number of carboxylic acids is 1. The first kappa shape index (κ1) is 13.5. The van der Waals surface area contributed by atoms with Gasteiger partial charge in [0.2, 0.25) is 5.91 Å². The van der Waals surface area contributed by atoms with Crippen LogP contribution in [0.1, 0.15) is 5.56 Å². The van der Waals surface area contributed by atoms with Crippen molar-refractivity contribution < 1.29 is 14.7 Å². The number of aryl methyl sites for hydroxylation is 1. The van der Waals surface area contributed by atoms with E-state index in [1.807, 2.05) is 31.2 Å². The number of hydrogen-bond acceptors (Lipinski definition) is 3. The number of likely N-dealkylation sites (N-methyl/N-ethyl adjacent to an activating group) is 1. The van der Waals surface area contributed by atoms with Crippen molar-refractivity contribution in [3.8, 4) is 0 Å². The predicted octanol–water partition coefficient (Wildman–Crippen LogP) is 0.974. The van der Waals surface area contributed by atoms with E-state index >= 15 is 0 Å². The summed E-state index contributed by atoms with van der Waals surface area (Å²) >= 11 is 0. The van der Waals surface area contributed by atoms with Gasteiger partial charge in [-0.25, -0.2) is 0 Å². The van der Waals surface area contributed by atoms with Crippen molar-refractivity contribution >= 4 is 17.6 Å². The fourth-order valence-corrected chi connectivity index (χ4v) is 2.34. The minimum Gasteiger partial charge on any atom is -0.481 e. The molecule has 0 spiro atoms. The summed E-state index contributed by atoms with van der Waals surface area (Å²) in [4.78, 5) is 26.8. The highest BCUT2D eigenvalue weighted by Crippen LogP contribution is 2.20. The number of aliphatic carboxylic acids is 1. The van der Waals surface area contributed by atoms with E-state index in [1.54, 1.807) is 16.8 Å². The van der Waals surface area contributed by atoms with Gasteiger partial charge < -0.3 is 10.0 Å². The summed E-state index contributed by atoms with van der Waals surface area (Å²) in [6.07, 6.45) is 0. The number of carbonyl (C=O) groups is 2. The lowest BCUT2D eigenvalue weighted by atomic mass is 10.1. The predicted molar refractivity (Wildman–Crippen MR) is 72.2 cm³/mol. The zero-order chi connectivity index (χ0) is 14.0. The summed E-state index contributed by atoms with van der Waals surface area (Å²) < 4.78 is 0. The summed E-state index contributed by atoms with van der Waals surface area (Å²) in [5.41, 5.74) is 1.82. The van der Waals surface area contributed by atoms with Crippen LogP contribution in [0.3, 0.4) is 0 Å². The Hall–Kier alpha value is -1.88. The molecule has 0 bridgehead atoms. The number of anilines is 1. The second-order valence-electron chi connectivity index (χ2n) is 5.08. The van der Waals surface area contributed by atoms with Gasteiger partial charge in [-0.2, -0.15) is 0 Å². The number of nitrogens with zero attached hydrogens (tertiary/aromatic N) is 2. The first-order chi connectivity index (χ1) is 8.97. The summed E-state index contributed by atoms with van der Waals surface area (Å²) in [5.74, 6) is -1.48. The van der Waals surface area contributed by atoms with Crippen LogP contribution in [-0.4, -0.2) is 48.6 Å². The molecule has 1 heterocycles. The maximum Gasteiger partial charge on any atom is 0.309 e. The van der Waals surface area contributed by atoms with Crippen molar-refractivity contribution in [1.29, 1.82) is 0 Å². The lowest BCUT2D eigenvalue weighted by Gasteiger charge is -2.22. The highest BCUT2D eigenvalue weighted by Gasteiger charge is 2.30. The van der Waals surface area contributed by atoms with Crippen LogP contribution in [0, 0.1) is 12.8 Å². The third-order valence-corrected chi connectivity index (χ3v) is 3.30. The van der Waals surface area contributed by atoms with Crippen molar-refractivity contribution in [1.82, 2.24) is 4.90 Å². The Morgan fingerprint density at radius 2 is 2.11 bits per heavy atom. The van der Waals surface area contributed by atoms with Gasteiger partial charge in [0.15, 0.2) is 0 Å². The molecule has 1 fully saturated rings. The van der Waals surface area contributed by atoms with Crippen LogP contribution >= 0.6 is 0 Å². The molecular formula is C14H18N2O3. The molecule has 0 aliphatic carbocycles. The molecule has 0 saturated carbocycles. The zero-order valence-electron chi connectivity index (χ0n) is 11.2. The molecule has 0 radical (unpaired) electrons. The first-order valence-electron chi connectivity index (χ1n) is 6.26. The molecule has 1 atom stereocenters. The van der Waals surface area contributed by atoms with Gasteiger partial charge in [-0.3, -0.25) is 14.5 Å². The number of rotatable bonds is 2.